The molecule has 0 amide bonds. The molecule has 3 heterocycles. The first-order valence-electron chi connectivity index (χ1n) is 29.6. The van der Waals surface area contributed by atoms with Crippen LogP contribution < -0.4 is 9.80 Å². The Morgan fingerprint density at radius 2 is 0.964 bits per heavy atom. The molecule has 5 heteroatoms. The number of furan rings is 1. The van der Waals surface area contributed by atoms with Gasteiger partial charge >= 0.3 is 0 Å². The second-order valence-corrected chi connectivity index (χ2v) is 25.0. The Hall–Kier alpha value is -9.58. The van der Waals surface area contributed by atoms with Gasteiger partial charge in [0, 0.05) is 51.2 Å². The van der Waals surface area contributed by atoms with Gasteiger partial charge in [-0.3, -0.25) is 9.80 Å². The van der Waals surface area contributed by atoms with Crippen molar-refractivity contribution < 1.29 is 4.42 Å². The first-order valence-corrected chi connectivity index (χ1v) is 29.6. The SMILES string of the molecule is Cc1cnc(N(c2ccc(C(C)(C)C)cc2)c2cc3c(c4oc5ccccc5c24)-c2c(cc(N(c4ccc(C(C)(C)C)cc4)c4ncc(C)cc4-c4ccccc4)c4ccccc24)C3(c2ccccc2)c2ccccc2)c(C2=CC=CCC2)c1. The van der Waals surface area contributed by atoms with Crippen LogP contribution in [0.5, 0.6) is 0 Å². The van der Waals surface area contributed by atoms with Crippen molar-refractivity contribution in [1.82, 2.24) is 9.97 Å². The van der Waals surface area contributed by atoms with E-state index in [1.54, 1.807) is 0 Å². The van der Waals surface area contributed by atoms with E-state index in [4.69, 9.17) is 14.4 Å². The molecule has 0 N–H and O–H groups in total. The highest BCUT2D eigenvalue weighted by atomic mass is 16.3. The average molecular weight is 1090 g/mol. The van der Waals surface area contributed by atoms with Gasteiger partial charge in [0.05, 0.1) is 22.2 Å². The Morgan fingerprint density at radius 1 is 0.476 bits per heavy atom. The van der Waals surface area contributed by atoms with Crippen LogP contribution in [-0.2, 0) is 16.2 Å². The molecule has 2 aliphatic rings. The molecule has 410 valence electrons. The first-order chi connectivity index (χ1) is 40.8. The third-order valence-corrected chi connectivity index (χ3v) is 17.5. The van der Waals surface area contributed by atoms with Crippen molar-refractivity contribution in [3.63, 3.8) is 0 Å². The van der Waals surface area contributed by atoms with Crippen LogP contribution in [0.2, 0.25) is 0 Å². The zero-order valence-electron chi connectivity index (χ0n) is 49.2. The summed E-state index contributed by atoms with van der Waals surface area (Å²) < 4.78 is 7.60. The van der Waals surface area contributed by atoms with Crippen LogP contribution in [0.25, 0.3) is 60.5 Å². The van der Waals surface area contributed by atoms with Gasteiger partial charge in [-0.15, -0.1) is 0 Å². The predicted molar refractivity (Wildman–Crippen MR) is 352 cm³/mol. The van der Waals surface area contributed by atoms with Crippen molar-refractivity contribution in [3.05, 3.63) is 293 Å². The van der Waals surface area contributed by atoms with E-state index in [1.807, 2.05) is 12.4 Å². The van der Waals surface area contributed by atoms with Crippen LogP contribution >= 0.6 is 0 Å². The minimum Gasteiger partial charge on any atom is -0.455 e. The van der Waals surface area contributed by atoms with Crippen molar-refractivity contribution in [2.45, 2.75) is 84.5 Å². The zero-order chi connectivity index (χ0) is 57.5. The minimum atomic E-state index is -0.902. The van der Waals surface area contributed by atoms with Crippen molar-refractivity contribution in [3.8, 4) is 22.3 Å². The molecule has 0 unspecified atom stereocenters. The molecular formula is C79H68N4O. The quantitative estimate of drug-likeness (QED) is 0.137. The molecular weight excluding hydrogens is 1020 g/mol. The number of aromatic nitrogens is 2. The molecule has 0 bridgehead atoms. The van der Waals surface area contributed by atoms with E-state index in [1.165, 1.54) is 16.7 Å². The maximum atomic E-state index is 7.60. The average Bonchev–Trinajstić information content (AvgIpc) is 1.76. The molecule has 0 aliphatic heterocycles. The van der Waals surface area contributed by atoms with Crippen molar-refractivity contribution in [2.75, 3.05) is 9.80 Å². The number of nitrogens with zero attached hydrogens (tertiary/aromatic N) is 4. The Kier molecular flexibility index (Phi) is 12.7. The molecule has 0 radical (unpaired) electrons. The molecule has 12 aromatic rings. The largest absolute Gasteiger partial charge is 0.455 e. The lowest BCUT2D eigenvalue weighted by Gasteiger charge is -2.36. The summed E-state index contributed by atoms with van der Waals surface area (Å²) in [6.07, 6.45) is 12.7. The highest BCUT2D eigenvalue weighted by Gasteiger charge is 2.50. The molecule has 84 heavy (non-hydrogen) atoms. The van der Waals surface area contributed by atoms with E-state index in [0.717, 1.165) is 141 Å². The summed E-state index contributed by atoms with van der Waals surface area (Å²) in [6.45, 7) is 18.0. The van der Waals surface area contributed by atoms with Crippen molar-refractivity contribution in [2.24, 2.45) is 0 Å². The van der Waals surface area contributed by atoms with Gasteiger partial charge in [0.25, 0.3) is 0 Å². The summed E-state index contributed by atoms with van der Waals surface area (Å²) in [7, 11) is 0. The third kappa shape index (κ3) is 8.67. The van der Waals surface area contributed by atoms with Gasteiger partial charge in [-0.1, -0.05) is 217 Å². The van der Waals surface area contributed by atoms with Crippen LogP contribution in [0, 0.1) is 13.8 Å². The van der Waals surface area contributed by atoms with Gasteiger partial charge < -0.3 is 4.42 Å². The second-order valence-electron chi connectivity index (χ2n) is 25.0. The van der Waals surface area contributed by atoms with Gasteiger partial charge in [0.15, 0.2) is 0 Å². The summed E-state index contributed by atoms with van der Waals surface area (Å²) in [6, 6.07) is 78.7. The van der Waals surface area contributed by atoms with Crippen LogP contribution in [0.3, 0.4) is 0 Å². The fourth-order valence-corrected chi connectivity index (χ4v) is 13.4. The van der Waals surface area contributed by atoms with Crippen LogP contribution in [0.15, 0.2) is 247 Å². The normalized spacial score (nSPS) is 13.7. The van der Waals surface area contributed by atoms with Crippen molar-refractivity contribution >= 4 is 72.7 Å². The molecule has 0 saturated carbocycles. The molecule has 0 atom stereocenters. The lowest BCUT2D eigenvalue weighted by Crippen LogP contribution is -2.29. The van der Waals surface area contributed by atoms with E-state index in [-0.39, 0.29) is 10.8 Å². The summed E-state index contributed by atoms with van der Waals surface area (Å²) in [5.41, 5.74) is 20.8. The van der Waals surface area contributed by atoms with E-state index in [0.29, 0.717) is 0 Å². The monoisotopic (exact) mass is 1090 g/mol. The second kappa shape index (κ2) is 20.4. The number of hydrogen-bond donors (Lipinski definition) is 0. The lowest BCUT2D eigenvalue weighted by atomic mass is 9.67. The summed E-state index contributed by atoms with van der Waals surface area (Å²) >= 11 is 0. The zero-order valence-corrected chi connectivity index (χ0v) is 49.2. The Bertz CT molecular complexity index is 4520. The molecule has 2 aliphatic carbocycles. The van der Waals surface area contributed by atoms with E-state index in [9.17, 15) is 0 Å². The number of hydrogen-bond acceptors (Lipinski definition) is 5. The lowest BCUT2D eigenvalue weighted by molar-refractivity contribution is 0.590. The number of rotatable bonds is 10. The minimum absolute atomic E-state index is 0.0500. The van der Waals surface area contributed by atoms with Gasteiger partial charge in [0.2, 0.25) is 0 Å². The number of benzene rings is 9. The molecule has 3 aromatic heterocycles. The van der Waals surface area contributed by atoms with Crippen LogP contribution in [0.1, 0.15) is 104 Å². The Balaban J connectivity index is 1.16. The molecule has 0 fully saturated rings. The predicted octanol–water partition coefficient (Wildman–Crippen LogP) is 21.4. The van der Waals surface area contributed by atoms with E-state index >= 15 is 0 Å². The number of anilines is 6. The van der Waals surface area contributed by atoms with Gasteiger partial charge in [0.1, 0.15) is 22.8 Å². The molecule has 14 rings (SSSR count). The van der Waals surface area contributed by atoms with Crippen LogP contribution in [0.4, 0.5) is 34.4 Å². The van der Waals surface area contributed by atoms with E-state index < -0.39 is 5.41 Å². The summed E-state index contributed by atoms with van der Waals surface area (Å²) in [5.74, 6) is 1.72. The van der Waals surface area contributed by atoms with Gasteiger partial charge in [-0.05, 0) is 159 Å². The summed E-state index contributed by atoms with van der Waals surface area (Å²) in [5, 5.41) is 4.28. The number of pyridine rings is 2. The third-order valence-electron chi connectivity index (χ3n) is 17.5. The molecule has 9 aromatic carbocycles. The molecule has 0 spiro atoms. The Labute approximate surface area is 493 Å². The fourth-order valence-electron chi connectivity index (χ4n) is 13.4. The number of fused-ring (bicyclic) bond motifs is 9. The summed E-state index contributed by atoms with van der Waals surface area (Å²) in [4.78, 5) is 15.9. The maximum Gasteiger partial charge on any atom is 0.145 e. The topological polar surface area (TPSA) is 45.4 Å². The standard InChI is InChI=1S/C79H68N4O/c1-51-45-64(53-25-13-9-14-26-53)75(80-49-51)82(59-41-37-55(38-42-59)77(3,4)5)68-47-66-71(62-34-22-21-33-61(62)68)73-67(79(66,57-29-17-11-18-30-57)58-31-19-12-20-32-58)48-69(72-63-35-23-24-36-70(63)84-74(72)73)83(60-43-39-56(40-44-60)78(6,7)8)76-65(46-52(2)50-81-76)54-27-15-10-16-28-54/h9-15,17-27,29-50H,16,28H2,1-8H3. The van der Waals surface area contributed by atoms with E-state index in [2.05, 4.69) is 296 Å². The Morgan fingerprint density at radius 3 is 1.54 bits per heavy atom. The highest BCUT2D eigenvalue weighted by molar-refractivity contribution is 6.23. The van der Waals surface area contributed by atoms with Gasteiger partial charge in [-0.25, -0.2) is 9.97 Å². The molecule has 0 saturated heterocycles. The first kappa shape index (κ1) is 52.5. The van der Waals surface area contributed by atoms with Crippen LogP contribution in [-0.4, -0.2) is 9.97 Å². The number of aryl methyl sites for hydroxylation is 2. The fraction of sp³-hybridized carbons (Fsp3) is 0.165. The van der Waals surface area contributed by atoms with Gasteiger partial charge in [-0.2, -0.15) is 0 Å². The molecule has 5 nitrogen and oxygen atoms in total. The van der Waals surface area contributed by atoms with Crippen molar-refractivity contribution in [1.29, 1.82) is 0 Å². The maximum absolute atomic E-state index is 7.60. The number of para-hydroxylation sites is 1. The highest BCUT2D eigenvalue weighted by Crippen LogP contribution is 2.64. The smallest absolute Gasteiger partial charge is 0.145 e. The number of allylic oxidation sites excluding steroid dienone is 4.